The van der Waals surface area contributed by atoms with Crippen molar-refractivity contribution in [3.05, 3.63) is 54.1 Å². The minimum atomic E-state index is -2.13. The van der Waals surface area contributed by atoms with E-state index in [0.717, 1.165) is 6.42 Å². The molecule has 10 atom stereocenters. The molecule has 1 fully saturated rings. The Morgan fingerprint density at radius 2 is 1.14 bits per heavy atom. The first-order chi connectivity index (χ1) is 44.7. The Balaban J connectivity index is 2.06. The zero-order valence-electron chi connectivity index (χ0n) is 54.5. The standard InChI is InChI=1S/C61H100N21O11S/c1-6-36(3)49(80-52(88)42(21-14-25-70-58(63)64)76-48(86)33-73-47(85)32-74-51(87)38(5)62)55(91)78-44(30-40-31-69-35-75-40)54(90)77-43(22-15-26-71-59(65)66)53(89)81-50(37(4)7-2)56(92)79-45(29-39-17-10-8-11-18-39)57(93)82(41-19-12-9-13-20-41)61(34-83,46(84)23-28-94)24-16-27-72-60(67)68/h8,10-11,17-18,31,35-38,41-45,49-50,94H,6-7,9,12-16,19-30,32-33,62H2,1-5H3,(H,69,75)(H,73,85)(H,74,87)(H,76,86)(H,77,90)(H,78,91)(H,79,92)(H,80,88)(H,81,89)(H4,63,64,70)(H4,65,66,71)(H4,67,68,72)/t36-,37-,38-,42-,43-,44-,45-,49-,50-,61-/m0/s1. The molecule has 3 rings (SSSR count). The van der Waals surface area contributed by atoms with Crippen LogP contribution in [0.3, 0.4) is 0 Å². The highest BCUT2D eigenvalue weighted by atomic mass is 32.1. The number of hydrogen-bond donors (Lipinski definition) is 20. The predicted octanol–water partition coefficient (Wildman–Crippen LogP) is -2.54. The number of amides is 9. The van der Waals surface area contributed by atoms with Gasteiger partial charge < -0.3 is 91.3 Å². The Labute approximate surface area is 554 Å². The Kier molecular flexibility index (Phi) is 35.2. The first-order valence-corrected chi connectivity index (χ1v) is 32.6. The van der Waals surface area contributed by atoms with E-state index < -0.39 is 138 Å². The van der Waals surface area contributed by atoms with Crippen molar-refractivity contribution < 1.29 is 52.7 Å². The fraction of sp³-hybridized carbons (Fsp3) is 0.623. The van der Waals surface area contributed by atoms with E-state index in [4.69, 9.17) is 39.2 Å². The van der Waals surface area contributed by atoms with E-state index in [1.807, 2.05) is 6.29 Å². The van der Waals surface area contributed by atoms with E-state index in [2.05, 4.69) is 81.1 Å². The summed E-state index contributed by atoms with van der Waals surface area (Å²) in [5.41, 5.74) is 20.9. The summed E-state index contributed by atoms with van der Waals surface area (Å²) >= 11 is 4.31. The van der Waals surface area contributed by atoms with Gasteiger partial charge in [0, 0.05) is 51.1 Å². The number of nitrogens with two attached hydrogens (primary N) is 4. The van der Waals surface area contributed by atoms with Crippen molar-refractivity contribution in [2.75, 3.05) is 38.5 Å². The summed E-state index contributed by atoms with van der Waals surface area (Å²) < 4.78 is 0. The number of aromatic amines is 1. The molecular weight excluding hydrogens is 1230 g/mol. The minimum Gasteiger partial charge on any atom is -0.370 e. The molecule has 0 aliphatic heterocycles. The molecule has 23 N–H and O–H groups in total. The second-order valence-corrected chi connectivity index (χ2v) is 24.0. The molecule has 1 radical (unpaired) electrons. The van der Waals surface area contributed by atoms with Gasteiger partial charge in [0.05, 0.1) is 31.2 Å². The van der Waals surface area contributed by atoms with Crippen molar-refractivity contribution in [1.82, 2.24) is 73.4 Å². The Morgan fingerprint density at radius 3 is 1.63 bits per heavy atom. The summed E-state index contributed by atoms with van der Waals surface area (Å²) in [6.07, 6.45) is 8.07. The third kappa shape index (κ3) is 27.0. The fourth-order valence-electron chi connectivity index (χ4n) is 10.6. The van der Waals surface area contributed by atoms with Crippen LogP contribution in [0.15, 0.2) is 42.9 Å². The number of H-pyrrole nitrogens is 1. The predicted molar refractivity (Wildman–Crippen MR) is 356 cm³/mol. The van der Waals surface area contributed by atoms with Crippen LogP contribution in [-0.4, -0.2) is 190 Å². The second kappa shape index (κ2) is 41.7. The Morgan fingerprint density at radius 1 is 0.638 bits per heavy atom. The minimum absolute atomic E-state index is 0.0469. The third-order valence-corrected chi connectivity index (χ3v) is 16.4. The monoisotopic (exact) mass is 1330 g/mol. The Bertz CT molecular complexity index is 2850. The molecule has 0 spiro atoms. The maximum Gasteiger partial charge on any atom is 0.246 e. The summed E-state index contributed by atoms with van der Waals surface area (Å²) in [5.74, 6) is -9.92. The van der Waals surface area contributed by atoms with E-state index in [-0.39, 0.29) is 101 Å². The molecule has 0 unspecified atom stereocenters. The van der Waals surface area contributed by atoms with Crippen molar-refractivity contribution in [1.29, 1.82) is 16.2 Å². The summed E-state index contributed by atoms with van der Waals surface area (Å²) in [6.45, 7) is 7.52. The van der Waals surface area contributed by atoms with Gasteiger partial charge >= 0.3 is 0 Å². The van der Waals surface area contributed by atoms with Gasteiger partial charge in [-0.05, 0) is 81.4 Å². The van der Waals surface area contributed by atoms with E-state index in [9.17, 15) is 43.2 Å². The van der Waals surface area contributed by atoms with E-state index in [1.165, 1.54) is 24.3 Å². The van der Waals surface area contributed by atoms with Crippen molar-refractivity contribution in [2.45, 2.75) is 191 Å². The van der Waals surface area contributed by atoms with Crippen LogP contribution in [-0.2, 0) is 65.6 Å². The number of nitrogens with zero attached hydrogens (tertiary/aromatic N) is 2. The number of carbonyl (C=O) groups excluding carboxylic acids is 11. The van der Waals surface area contributed by atoms with E-state index in [1.54, 1.807) is 58.0 Å². The number of imidazole rings is 1. The van der Waals surface area contributed by atoms with Crippen LogP contribution in [0.25, 0.3) is 0 Å². The molecule has 0 bridgehead atoms. The Hall–Kier alpha value is -8.88. The topological polar surface area (TPSA) is 528 Å². The largest absolute Gasteiger partial charge is 0.370 e. The molecule has 2 aromatic rings. The van der Waals surface area contributed by atoms with Crippen LogP contribution >= 0.6 is 12.6 Å². The van der Waals surface area contributed by atoms with Crippen LogP contribution in [0.4, 0.5) is 0 Å². The lowest BCUT2D eigenvalue weighted by Crippen LogP contribution is -2.67. The van der Waals surface area contributed by atoms with Crippen LogP contribution in [0.5, 0.6) is 0 Å². The molecule has 0 saturated heterocycles. The number of rotatable bonds is 43. The molecule has 1 aromatic carbocycles. The molecule has 521 valence electrons. The zero-order chi connectivity index (χ0) is 69.9. The summed E-state index contributed by atoms with van der Waals surface area (Å²) in [6, 6.07) is -1.16. The molecule has 33 heteroatoms. The lowest BCUT2D eigenvalue weighted by molar-refractivity contribution is -0.150. The maximum absolute atomic E-state index is 15.7. The zero-order valence-corrected chi connectivity index (χ0v) is 55.4. The van der Waals surface area contributed by atoms with Gasteiger partial charge in [-0.25, -0.2) is 4.98 Å². The highest BCUT2D eigenvalue weighted by molar-refractivity contribution is 7.80. The molecule has 9 amide bonds. The first kappa shape index (κ1) is 79.4. The quantitative estimate of drug-likeness (QED) is 0.0107. The highest BCUT2D eigenvalue weighted by Crippen LogP contribution is 2.33. The van der Waals surface area contributed by atoms with Crippen molar-refractivity contribution in [2.24, 2.45) is 34.8 Å². The highest BCUT2D eigenvalue weighted by Gasteiger charge is 2.51. The van der Waals surface area contributed by atoms with Crippen molar-refractivity contribution in [3.63, 3.8) is 0 Å². The number of hydrogen-bond acceptors (Lipinski definition) is 17. The second-order valence-electron chi connectivity index (χ2n) is 23.6. The van der Waals surface area contributed by atoms with Crippen LogP contribution in [0.2, 0.25) is 0 Å². The number of Topliss-reactive ketones (excluding diaryl/α,β-unsaturated/α-hetero) is 1. The normalized spacial score (nSPS) is 15.6. The van der Waals surface area contributed by atoms with Crippen LogP contribution in [0.1, 0.15) is 136 Å². The maximum atomic E-state index is 15.7. The summed E-state index contributed by atoms with van der Waals surface area (Å²) in [7, 11) is 0. The van der Waals surface area contributed by atoms with Gasteiger partial charge in [-0.3, -0.25) is 69.0 Å². The number of aromatic nitrogens is 2. The van der Waals surface area contributed by atoms with E-state index in [0.29, 0.717) is 49.8 Å². The number of nitrogens with one attached hydrogen (secondary N) is 15. The number of benzene rings is 1. The van der Waals surface area contributed by atoms with Gasteiger partial charge in [0.2, 0.25) is 59.5 Å². The van der Waals surface area contributed by atoms with Gasteiger partial charge in [0.25, 0.3) is 0 Å². The van der Waals surface area contributed by atoms with Gasteiger partial charge in [-0.1, -0.05) is 90.1 Å². The van der Waals surface area contributed by atoms with Crippen LogP contribution in [0, 0.1) is 28.1 Å². The first-order valence-electron chi connectivity index (χ1n) is 31.9. The lowest BCUT2D eigenvalue weighted by atomic mass is 9.81. The van der Waals surface area contributed by atoms with Crippen molar-refractivity contribution >= 4 is 95.7 Å². The fourth-order valence-corrected chi connectivity index (χ4v) is 10.8. The average molecular weight is 1340 g/mol. The van der Waals surface area contributed by atoms with Gasteiger partial charge in [-0.15, -0.1) is 0 Å². The summed E-state index contributed by atoms with van der Waals surface area (Å²) in [4.78, 5) is 163. The molecule has 1 saturated carbocycles. The number of thiol groups is 1. The average Bonchev–Trinajstić information content (AvgIpc) is 0.821. The number of carbonyl (C=O) groups is 10. The molecule has 94 heavy (non-hydrogen) atoms. The molecule has 1 aromatic heterocycles. The number of ketones is 1. The smallest absolute Gasteiger partial charge is 0.246 e. The molecule has 1 aliphatic rings. The molecule has 1 heterocycles. The molecule has 1 aliphatic carbocycles. The lowest BCUT2D eigenvalue weighted by Gasteiger charge is -2.46. The number of guanidine groups is 3. The third-order valence-electron chi connectivity index (χ3n) is 16.2. The van der Waals surface area contributed by atoms with E-state index >= 15 is 9.59 Å². The van der Waals surface area contributed by atoms with Gasteiger partial charge in [0.15, 0.2) is 29.2 Å². The summed E-state index contributed by atoms with van der Waals surface area (Å²) in [5, 5.41) is 52.1. The molecule has 32 nitrogen and oxygen atoms in total. The molecular formula is C61H100N21O11S. The van der Waals surface area contributed by atoms with Crippen molar-refractivity contribution in [3.8, 4) is 0 Å². The van der Waals surface area contributed by atoms with Crippen LogP contribution < -0.4 is 81.4 Å². The SMILES string of the molecule is CC[C@H](C)[C@H](NC(=O)[C@H](CCCNC(=N)N)NC(=O)CNC(=O)CNC(=O)[C@H](C)N)C(=O)N[C@@H](Cc1c[nH]cn1)C(=O)N[C@@H](CCCNC(=N)N)C(=O)N[C@H](C(=O)N[C@@H](Cc1ccccc1)C(=O)N(C1CCCCC1)[C@]([C]=O)(CCCNC(=N)N)C(=O)CCS)[C@@H](C)CC. The van der Waals surface area contributed by atoms with Gasteiger partial charge in [-0.2, -0.15) is 12.6 Å². The van der Waals surface area contributed by atoms with Gasteiger partial charge in [0.1, 0.15) is 36.3 Å².